The Bertz CT molecular complexity index is 1090. The Morgan fingerprint density at radius 3 is 1.53 bits per heavy atom. The molecule has 10 N–H and O–H groups in total. The molecular weight excluding hydrogens is 640 g/mol. The average Bonchev–Trinajstić information content (AvgIpc) is 3.32. The van der Waals surface area contributed by atoms with E-state index in [4.69, 9.17) is 37.9 Å². The molecule has 0 spiro atoms. The molecule has 19 atom stereocenters. The van der Waals surface area contributed by atoms with Crippen molar-refractivity contribution in [3.8, 4) is 0 Å². The highest BCUT2D eigenvalue weighted by Gasteiger charge is 2.58. The lowest BCUT2D eigenvalue weighted by molar-refractivity contribution is -0.373. The van der Waals surface area contributed by atoms with Gasteiger partial charge in [-0.25, -0.2) is 0 Å². The van der Waals surface area contributed by atoms with E-state index in [1.165, 1.54) is 13.8 Å². The van der Waals surface area contributed by atoms with Gasteiger partial charge in [0, 0.05) is 13.8 Å². The van der Waals surface area contributed by atoms with Crippen molar-refractivity contribution in [3.63, 3.8) is 0 Å². The zero-order valence-corrected chi connectivity index (χ0v) is 25.8. The van der Waals surface area contributed by atoms with Crippen LogP contribution in [0.3, 0.4) is 0 Å². The molecule has 2 amide bonds. The van der Waals surface area contributed by atoms with Crippen LogP contribution in [0.5, 0.6) is 0 Å². The molecule has 6 fully saturated rings. The predicted molar refractivity (Wildman–Crippen MR) is 146 cm³/mol. The van der Waals surface area contributed by atoms with Gasteiger partial charge in [0.05, 0.1) is 32.0 Å². The molecule has 0 aromatic rings. The zero-order valence-electron chi connectivity index (χ0n) is 25.8. The van der Waals surface area contributed by atoms with Gasteiger partial charge in [0.1, 0.15) is 79.3 Å². The third kappa shape index (κ3) is 7.29. The quantitative estimate of drug-likeness (QED) is 0.129. The molecule has 0 radical (unpaired) electrons. The molecule has 0 aromatic carbocycles. The maximum absolute atomic E-state index is 12.4. The van der Waals surface area contributed by atoms with Crippen molar-refractivity contribution in [3.05, 3.63) is 0 Å². The summed E-state index contributed by atoms with van der Waals surface area (Å²) in [7, 11) is 0. The fraction of sp³-hybridized carbons (Fsp3) is 0.926. The fourth-order valence-electron chi connectivity index (χ4n) is 6.50. The lowest BCUT2D eigenvalue weighted by atomic mass is 9.93. The van der Waals surface area contributed by atoms with E-state index < -0.39 is 148 Å². The molecule has 6 bridgehead atoms. The van der Waals surface area contributed by atoms with Crippen molar-refractivity contribution in [1.82, 2.24) is 10.6 Å². The van der Waals surface area contributed by atoms with Crippen molar-refractivity contribution in [1.29, 1.82) is 0 Å². The van der Waals surface area contributed by atoms with Gasteiger partial charge >= 0.3 is 0 Å². The molecule has 0 unspecified atom stereocenters. The zero-order chi connectivity index (χ0) is 34.3. The first-order chi connectivity index (χ1) is 22.3. The van der Waals surface area contributed by atoms with E-state index in [2.05, 4.69) is 10.6 Å². The van der Waals surface area contributed by atoms with Crippen LogP contribution in [0.2, 0.25) is 0 Å². The Kier molecular flexibility index (Phi) is 11.7. The molecule has 0 aliphatic carbocycles. The number of fused-ring (bicyclic) bond motifs is 2. The van der Waals surface area contributed by atoms with Gasteiger partial charge < -0.3 is 89.4 Å². The van der Waals surface area contributed by atoms with E-state index in [-0.39, 0.29) is 0 Å². The van der Waals surface area contributed by atoms with Crippen LogP contribution in [0.15, 0.2) is 0 Å². The number of ether oxygens (including phenoxy) is 8. The minimum Gasteiger partial charge on any atom is -0.394 e. The summed E-state index contributed by atoms with van der Waals surface area (Å²) in [6.07, 6.45) is -26.3. The summed E-state index contributed by atoms with van der Waals surface area (Å²) in [5, 5.41) is 91.1. The van der Waals surface area contributed by atoms with Gasteiger partial charge in [-0.3, -0.25) is 9.59 Å². The first-order valence-corrected chi connectivity index (χ1v) is 15.3. The number of aliphatic hydroxyl groups is 8. The summed E-state index contributed by atoms with van der Waals surface area (Å²) in [6, 6.07) is -2.74. The molecular formula is C27H44N2O18. The minimum atomic E-state index is -1.91. The standard InChI is InChI=1S/C27H44N2O18/c1-7-15(35)13(28-8(2)33)23-27(40-7)45-21-12(6-32)43-26(19(21)39)44-20-11(5-31)42-25(18(38)17(20)37)46-22-14(29-9(3)34)24(47-23)41-10(4-30)16(22)36/h7,10-27,30-32,35-39H,4-6H2,1-3H3,(H,28,33)(H,29,34)/t7-,10-,11-,12-,13+,14-,15-,16+,17-,18-,19-,20+,21-,22-,23-,24-,25+,26+,27+/m1/s1. The predicted octanol–water partition coefficient (Wildman–Crippen LogP) is -6.75. The normalized spacial score (nSPS) is 50.4. The second kappa shape index (κ2) is 15.0. The molecule has 20 heteroatoms. The number of carbonyl (C=O) groups is 2. The van der Waals surface area contributed by atoms with E-state index in [9.17, 15) is 50.4 Å². The maximum atomic E-state index is 12.4. The molecule has 6 heterocycles. The SMILES string of the molecule is CC(=O)N[C@H]1[C@H](O)[C@@H](C)O[C@H]2O[C@H]3[C@@H](O)[C@H](O[C@@H]4[C@H](O)[C@@H](O)[C@H](O[C@H]5[C@@H](O)[C@@H](CO)O[C@H](O[C@@H]21)[C@@H]5NC(C)=O)O[C@@H]4CO)O[C@@H]3CO. The number of carbonyl (C=O) groups excluding carboxylic acids is 2. The second-order valence-corrected chi connectivity index (χ2v) is 12.2. The lowest BCUT2D eigenvalue weighted by Gasteiger charge is -2.50. The Morgan fingerprint density at radius 2 is 0.957 bits per heavy atom. The third-order valence-electron chi connectivity index (χ3n) is 8.87. The molecule has 270 valence electrons. The molecule has 20 nitrogen and oxygen atoms in total. The highest BCUT2D eigenvalue weighted by molar-refractivity contribution is 5.73. The van der Waals surface area contributed by atoms with E-state index in [0.29, 0.717) is 0 Å². The Hall–Kier alpha value is -1.70. The molecule has 6 aliphatic rings. The van der Waals surface area contributed by atoms with Gasteiger partial charge in [0.2, 0.25) is 11.8 Å². The average molecular weight is 685 g/mol. The number of amides is 2. The van der Waals surface area contributed by atoms with Crippen molar-refractivity contribution in [2.45, 2.75) is 137 Å². The molecule has 6 rings (SSSR count). The highest BCUT2D eigenvalue weighted by Crippen LogP contribution is 2.37. The van der Waals surface area contributed by atoms with Crippen LogP contribution in [0, 0.1) is 0 Å². The van der Waals surface area contributed by atoms with Crippen LogP contribution in [-0.4, -0.2) is 189 Å². The van der Waals surface area contributed by atoms with E-state index in [1.54, 1.807) is 0 Å². The maximum Gasteiger partial charge on any atom is 0.217 e. The van der Waals surface area contributed by atoms with E-state index >= 15 is 0 Å². The molecule has 47 heavy (non-hydrogen) atoms. The number of rotatable bonds is 5. The van der Waals surface area contributed by atoms with Crippen molar-refractivity contribution < 1.29 is 88.3 Å². The van der Waals surface area contributed by atoms with Gasteiger partial charge in [-0.15, -0.1) is 0 Å². The van der Waals surface area contributed by atoms with Crippen molar-refractivity contribution in [2.24, 2.45) is 0 Å². The van der Waals surface area contributed by atoms with Crippen LogP contribution in [0.25, 0.3) is 0 Å². The molecule has 0 aromatic heterocycles. The lowest BCUT2D eigenvalue weighted by Crippen LogP contribution is -2.71. The minimum absolute atomic E-state index is 0.587. The van der Waals surface area contributed by atoms with Crippen LogP contribution >= 0.6 is 0 Å². The van der Waals surface area contributed by atoms with Crippen LogP contribution in [-0.2, 0) is 47.5 Å². The molecule has 6 aliphatic heterocycles. The Morgan fingerprint density at radius 1 is 0.489 bits per heavy atom. The van der Waals surface area contributed by atoms with Gasteiger partial charge in [0.15, 0.2) is 25.2 Å². The van der Waals surface area contributed by atoms with Gasteiger partial charge in [-0.2, -0.15) is 0 Å². The van der Waals surface area contributed by atoms with Gasteiger partial charge in [0.25, 0.3) is 0 Å². The van der Waals surface area contributed by atoms with Crippen LogP contribution in [0.1, 0.15) is 20.8 Å². The van der Waals surface area contributed by atoms with Crippen LogP contribution in [0.4, 0.5) is 0 Å². The van der Waals surface area contributed by atoms with Crippen molar-refractivity contribution in [2.75, 3.05) is 19.8 Å². The van der Waals surface area contributed by atoms with Gasteiger partial charge in [-0.1, -0.05) is 0 Å². The van der Waals surface area contributed by atoms with E-state index in [0.717, 1.165) is 6.92 Å². The number of nitrogens with one attached hydrogen (secondary N) is 2. The summed E-state index contributed by atoms with van der Waals surface area (Å²) in [6.45, 7) is 1.49. The first kappa shape index (κ1) is 36.6. The first-order valence-electron chi connectivity index (χ1n) is 15.3. The summed E-state index contributed by atoms with van der Waals surface area (Å²) >= 11 is 0. The van der Waals surface area contributed by atoms with Crippen molar-refractivity contribution >= 4 is 11.8 Å². The second-order valence-electron chi connectivity index (χ2n) is 12.2. The summed E-state index contributed by atoms with van der Waals surface area (Å²) < 4.78 is 47.2. The summed E-state index contributed by atoms with van der Waals surface area (Å²) in [5.41, 5.74) is 0. The van der Waals surface area contributed by atoms with Gasteiger partial charge in [-0.05, 0) is 6.92 Å². The monoisotopic (exact) mass is 684 g/mol. The topological polar surface area (TPSA) is 294 Å². The fourth-order valence-corrected chi connectivity index (χ4v) is 6.50. The Balaban J connectivity index is 1.62. The number of hydrogen-bond donors (Lipinski definition) is 10. The molecule has 6 saturated heterocycles. The third-order valence-corrected chi connectivity index (χ3v) is 8.87. The summed E-state index contributed by atoms with van der Waals surface area (Å²) in [4.78, 5) is 24.7. The highest BCUT2D eigenvalue weighted by atomic mass is 16.8. The largest absolute Gasteiger partial charge is 0.394 e. The smallest absolute Gasteiger partial charge is 0.217 e. The van der Waals surface area contributed by atoms with E-state index in [1.807, 2.05) is 0 Å². The number of hydrogen-bond acceptors (Lipinski definition) is 18. The van der Waals surface area contributed by atoms with Crippen LogP contribution < -0.4 is 10.6 Å². The Labute approximate surface area is 268 Å². The summed E-state index contributed by atoms with van der Waals surface area (Å²) in [5.74, 6) is -1.25. The molecule has 0 saturated carbocycles. The number of aliphatic hydroxyl groups excluding tert-OH is 8.